The minimum absolute atomic E-state index is 0.321. The summed E-state index contributed by atoms with van der Waals surface area (Å²) in [6, 6.07) is 17.4. The third-order valence-electron chi connectivity index (χ3n) is 5.29. The van der Waals surface area contributed by atoms with E-state index in [1.54, 1.807) is 30.0 Å². The summed E-state index contributed by atoms with van der Waals surface area (Å²) in [5.74, 6) is 0.400. The van der Waals surface area contributed by atoms with Crippen molar-refractivity contribution in [1.82, 2.24) is 18.7 Å². The lowest BCUT2D eigenvalue weighted by molar-refractivity contribution is 0.651. The molecule has 0 amide bonds. The number of halogens is 1. The van der Waals surface area contributed by atoms with Gasteiger partial charge < -0.3 is 4.57 Å². The first kappa shape index (κ1) is 21.6. The summed E-state index contributed by atoms with van der Waals surface area (Å²) in [6.45, 7) is 0.539. The summed E-state index contributed by atoms with van der Waals surface area (Å²) >= 11 is 5.92. The van der Waals surface area contributed by atoms with Crippen molar-refractivity contribution < 1.29 is 0 Å². The Morgan fingerprint density at radius 1 is 1.03 bits per heavy atom. The van der Waals surface area contributed by atoms with Crippen LogP contribution in [0.3, 0.4) is 0 Å². The molecule has 0 aliphatic heterocycles. The number of fused-ring (bicyclic) bond motifs is 1. The van der Waals surface area contributed by atoms with Crippen LogP contribution in [0.25, 0.3) is 11.2 Å². The number of hydrogen-bond acceptors (Lipinski definition) is 5. The van der Waals surface area contributed by atoms with E-state index in [9.17, 15) is 9.59 Å². The van der Waals surface area contributed by atoms with E-state index in [4.69, 9.17) is 11.6 Å². The van der Waals surface area contributed by atoms with E-state index < -0.39 is 5.69 Å². The Balaban J connectivity index is 1.68. The number of anilines is 1. The average molecular weight is 451 g/mol. The van der Waals surface area contributed by atoms with Crippen LogP contribution in [0.5, 0.6) is 0 Å². The molecule has 4 rings (SSSR count). The summed E-state index contributed by atoms with van der Waals surface area (Å²) in [4.78, 5) is 29.8. The van der Waals surface area contributed by atoms with Gasteiger partial charge in [-0.25, -0.2) is 10.2 Å². The Labute approximate surface area is 189 Å². The van der Waals surface area contributed by atoms with Gasteiger partial charge in [-0.2, -0.15) is 10.1 Å². The molecule has 8 nitrogen and oxygen atoms in total. The van der Waals surface area contributed by atoms with Gasteiger partial charge in [0.05, 0.1) is 6.21 Å². The molecule has 2 aromatic heterocycles. The highest BCUT2D eigenvalue weighted by molar-refractivity contribution is 6.30. The van der Waals surface area contributed by atoms with Crippen LogP contribution < -0.4 is 16.7 Å². The molecule has 0 aliphatic rings. The fourth-order valence-corrected chi connectivity index (χ4v) is 3.67. The summed E-state index contributed by atoms with van der Waals surface area (Å²) in [7, 11) is 3.07. The Morgan fingerprint density at radius 2 is 1.75 bits per heavy atom. The van der Waals surface area contributed by atoms with E-state index in [0.29, 0.717) is 28.7 Å². The van der Waals surface area contributed by atoms with Crippen molar-refractivity contribution in [3.05, 3.63) is 91.6 Å². The summed E-state index contributed by atoms with van der Waals surface area (Å²) < 4.78 is 4.26. The number of nitrogens with one attached hydrogen (secondary N) is 1. The van der Waals surface area contributed by atoms with Crippen LogP contribution >= 0.6 is 11.6 Å². The Bertz CT molecular complexity index is 1380. The van der Waals surface area contributed by atoms with Crippen molar-refractivity contribution in [3.8, 4) is 0 Å². The topological polar surface area (TPSA) is 86.2 Å². The zero-order valence-electron chi connectivity index (χ0n) is 17.8. The highest BCUT2D eigenvalue weighted by atomic mass is 35.5. The predicted octanol–water partition coefficient (Wildman–Crippen LogP) is 3.17. The Hall–Kier alpha value is -3.65. The average Bonchev–Trinajstić information content (AvgIpc) is 3.17. The van der Waals surface area contributed by atoms with Gasteiger partial charge in [-0.3, -0.25) is 13.9 Å². The van der Waals surface area contributed by atoms with E-state index >= 15 is 0 Å². The van der Waals surface area contributed by atoms with Gasteiger partial charge in [0.1, 0.15) is 0 Å². The molecule has 0 aliphatic carbocycles. The van der Waals surface area contributed by atoms with Crippen molar-refractivity contribution >= 4 is 34.9 Å². The van der Waals surface area contributed by atoms with Gasteiger partial charge in [-0.1, -0.05) is 54.1 Å². The molecule has 0 radical (unpaired) electrons. The molecule has 0 fully saturated rings. The van der Waals surface area contributed by atoms with Crippen molar-refractivity contribution in [3.63, 3.8) is 0 Å². The van der Waals surface area contributed by atoms with Gasteiger partial charge in [0.2, 0.25) is 5.95 Å². The maximum atomic E-state index is 12.9. The number of aryl methyl sites for hydroxylation is 3. The molecule has 0 saturated carbocycles. The highest BCUT2D eigenvalue weighted by Gasteiger charge is 2.18. The second-order valence-corrected chi connectivity index (χ2v) is 7.91. The molecule has 32 heavy (non-hydrogen) atoms. The van der Waals surface area contributed by atoms with Crippen LogP contribution in [0.1, 0.15) is 17.5 Å². The number of hydrogen-bond donors (Lipinski definition) is 1. The molecule has 0 saturated heterocycles. The predicted molar refractivity (Wildman–Crippen MR) is 128 cm³/mol. The summed E-state index contributed by atoms with van der Waals surface area (Å²) in [6.07, 6.45) is 3.28. The Morgan fingerprint density at radius 3 is 2.47 bits per heavy atom. The smallest absolute Gasteiger partial charge is 0.303 e. The molecule has 2 heterocycles. The first-order chi connectivity index (χ1) is 15.5. The molecule has 0 bridgehead atoms. The minimum Gasteiger partial charge on any atom is -0.303 e. The van der Waals surface area contributed by atoms with Crippen LogP contribution in [-0.2, 0) is 27.1 Å². The van der Waals surface area contributed by atoms with Gasteiger partial charge in [0.15, 0.2) is 11.2 Å². The summed E-state index contributed by atoms with van der Waals surface area (Å²) in [5, 5.41) is 4.92. The fourth-order valence-electron chi connectivity index (χ4n) is 3.55. The van der Waals surface area contributed by atoms with E-state index in [1.807, 2.05) is 30.3 Å². The third kappa shape index (κ3) is 4.36. The SMILES string of the molecule is Cn1c(=O)c2c(nc(N/N=C\c3ccc(Cl)cc3)n2CCCc2ccccc2)n(C)c1=O. The molecular formula is C23H23ClN6O2. The molecule has 1 N–H and O–H groups in total. The zero-order valence-corrected chi connectivity index (χ0v) is 18.6. The lowest BCUT2D eigenvalue weighted by Gasteiger charge is -2.09. The molecule has 0 unspecified atom stereocenters. The van der Waals surface area contributed by atoms with E-state index in [-0.39, 0.29) is 5.56 Å². The van der Waals surface area contributed by atoms with E-state index in [2.05, 4.69) is 27.6 Å². The standard InChI is InChI=1S/C23H23ClN6O2/c1-28-20-19(21(31)29(2)23(28)32)30(14-6-9-16-7-4-3-5-8-16)22(26-20)27-25-15-17-10-12-18(24)13-11-17/h3-5,7-8,10-13,15H,6,9,14H2,1-2H3,(H,26,27)/b25-15-. The van der Waals surface area contributed by atoms with Crippen LogP contribution in [0.2, 0.25) is 5.02 Å². The van der Waals surface area contributed by atoms with Crippen molar-refractivity contribution in [2.75, 3.05) is 5.43 Å². The minimum atomic E-state index is -0.423. The number of nitrogens with zero attached hydrogens (tertiary/aromatic N) is 5. The molecule has 0 atom stereocenters. The largest absolute Gasteiger partial charge is 0.332 e. The summed E-state index contributed by atoms with van der Waals surface area (Å²) in [5.41, 5.74) is 4.89. The molecular weight excluding hydrogens is 428 g/mol. The zero-order chi connectivity index (χ0) is 22.7. The number of benzene rings is 2. The van der Waals surface area contributed by atoms with Crippen molar-refractivity contribution in [2.45, 2.75) is 19.4 Å². The second kappa shape index (κ2) is 9.23. The van der Waals surface area contributed by atoms with Gasteiger partial charge in [-0.15, -0.1) is 0 Å². The Kier molecular flexibility index (Phi) is 6.23. The lowest BCUT2D eigenvalue weighted by Crippen LogP contribution is -2.37. The van der Waals surface area contributed by atoms with Crippen LogP contribution in [0.4, 0.5) is 5.95 Å². The first-order valence-corrected chi connectivity index (χ1v) is 10.6. The number of aromatic nitrogens is 4. The molecule has 2 aromatic carbocycles. The monoisotopic (exact) mass is 450 g/mol. The first-order valence-electron chi connectivity index (χ1n) is 10.2. The second-order valence-electron chi connectivity index (χ2n) is 7.48. The molecule has 164 valence electrons. The van der Waals surface area contributed by atoms with Crippen LogP contribution in [0.15, 0.2) is 69.3 Å². The van der Waals surface area contributed by atoms with Crippen LogP contribution in [0, 0.1) is 0 Å². The maximum absolute atomic E-state index is 12.9. The van der Waals surface area contributed by atoms with Gasteiger partial charge in [-0.05, 0) is 36.1 Å². The van der Waals surface area contributed by atoms with E-state index in [0.717, 1.165) is 23.0 Å². The highest BCUT2D eigenvalue weighted by Crippen LogP contribution is 2.17. The van der Waals surface area contributed by atoms with E-state index in [1.165, 1.54) is 17.2 Å². The van der Waals surface area contributed by atoms with Gasteiger partial charge >= 0.3 is 5.69 Å². The quantitative estimate of drug-likeness (QED) is 0.346. The molecule has 9 heteroatoms. The van der Waals surface area contributed by atoms with Gasteiger partial charge in [0, 0.05) is 25.7 Å². The van der Waals surface area contributed by atoms with Crippen molar-refractivity contribution in [1.29, 1.82) is 0 Å². The fraction of sp³-hybridized carbons (Fsp3) is 0.217. The molecule has 0 spiro atoms. The van der Waals surface area contributed by atoms with Crippen molar-refractivity contribution in [2.24, 2.45) is 19.2 Å². The lowest BCUT2D eigenvalue weighted by atomic mass is 10.1. The van der Waals surface area contributed by atoms with Crippen LogP contribution in [-0.4, -0.2) is 24.9 Å². The number of rotatable bonds is 7. The van der Waals surface area contributed by atoms with Gasteiger partial charge in [0.25, 0.3) is 5.56 Å². The molecule has 4 aromatic rings. The maximum Gasteiger partial charge on any atom is 0.332 e. The normalized spacial score (nSPS) is 11.5. The number of hydrazone groups is 1. The number of imidazole rings is 1. The third-order valence-corrected chi connectivity index (χ3v) is 5.54.